The largest absolute Gasteiger partial charge is 0.503 e. The van der Waals surface area contributed by atoms with Crippen molar-refractivity contribution in [3.05, 3.63) is 74.1 Å². The molecule has 0 amide bonds. The van der Waals surface area contributed by atoms with Crippen molar-refractivity contribution in [1.82, 2.24) is 9.55 Å². The Labute approximate surface area is 185 Å². The zero-order valence-electron chi connectivity index (χ0n) is 16.1. The highest BCUT2D eigenvalue weighted by molar-refractivity contribution is 9.10. The number of methoxy groups -OCH3 is 1. The molecule has 4 aromatic rings. The first-order chi connectivity index (χ1) is 14.6. The van der Waals surface area contributed by atoms with Gasteiger partial charge in [-0.3, -0.25) is 9.36 Å². The van der Waals surface area contributed by atoms with Crippen LogP contribution in [0, 0.1) is 0 Å². The molecule has 0 saturated carbocycles. The number of rotatable bonds is 3. The molecule has 30 heavy (non-hydrogen) atoms. The molecule has 3 heterocycles. The predicted octanol–water partition coefficient (Wildman–Crippen LogP) is 5.55. The third kappa shape index (κ3) is 3.05. The summed E-state index contributed by atoms with van der Waals surface area (Å²) in [6, 6.07) is 13.5. The van der Waals surface area contributed by atoms with E-state index in [1.54, 1.807) is 10.6 Å². The zero-order chi connectivity index (χ0) is 20.8. The second-order valence-corrected chi connectivity index (χ2v) is 8.77. The van der Waals surface area contributed by atoms with Crippen molar-refractivity contribution in [2.75, 3.05) is 7.11 Å². The fraction of sp³-hybridized carbons (Fsp3) is 0.130. The first kappa shape index (κ1) is 19.1. The third-order valence-corrected chi connectivity index (χ3v) is 6.76. The predicted molar refractivity (Wildman–Crippen MR) is 124 cm³/mol. The highest BCUT2D eigenvalue weighted by atomic mass is 79.9. The van der Waals surface area contributed by atoms with Gasteiger partial charge in [-0.05, 0) is 57.3 Å². The van der Waals surface area contributed by atoms with Crippen molar-refractivity contribution in [3.63, 3.8) is 0 Å². The van der Waals surface area contributed by atoms with Gasteiger partial charge in [-0.2, -0.15) is 0 Å². The van der Waals surface area contributed by atoms with Crippen molar-refractivity contribution in [2.24, 2.45) is 0 Å². The van der Waals surface area contributed by atoms with Gasteiger partial charge < -0.3 is 9.84 Å². The number of thiophene rings is 1. The Morgan fingerprint density at radius 3 is 2.83 bits per heavy atom. The van der Waals surface area contributed by atoms with Crippen molar-refractivity contribution in [1.29, 1.82) is 0 Å². The van der Waals surface area contributed by atoms with Crippen molar-refractivity contribution >= 4 is 49.1 Å². The second-order valence-electron chi connectivity index (χ2n) is 7.06. The Morgan fingerprint density at radius 2 is 2.07 bits per heavy atom. The standard InChI is InChI=1S/C23H17BrN2O3S/c1-29-18-11-13(10-17(24)20(18)27)9-15-7-8-26-21(15)25-22-19(23(26)28)16(12-30-22)14-5-3-2-4-6-14/h2-6,9-12,27H,7-8H2,1H3/b15-9+. The van der Waals surface area contributed by atoms with E-state index >= 15 is 0 Å². The summed E-state index contributed by atoms with van der Waals surface area (Å²) in [5.74, 6) is 1.16. The highest BCUT2D eigenvalue weighted by Gasteiger charge is 2.23. The SMILES string of the molecule is COc1cc(/C=C2\CCn3c2nc2scc(-c4ccccc4)c2c3=O)cc(Br)c1O. The van der Waals surface area contributed by atoms with Crippen LogP contribution in [-0.4, -0.2) is 21.8 Å². The summed E-state index contributed by atoms with van der Waals surface area (Å²) in [5, 5.41) is 12.7. The van der Waals surface area contributed by atoms with Crippen LogP contribution >= 0.6 is 27.3 Å². The number of phenolic OH excluding ortho intramolecular Hbond substituents is 1. The van der Waals surface area contributed by atoms with Crippen molar-refractivity contribution in [3.8, 4) is 22.6 Å². The molecule has 1 aliphatic heterocycles. The zero-order valence-corrected chi connectivity index (χ0v) is 18.5. The van der Waals surface area contributed by atoms with Gasteiger partial charge in [0.15, 0.2) is 11.5 Å². The van der Waals surface area contributed by atoms with Crippen LogP contribution in [0.15, 0.2) is 57.1 Å². The molecule has 5 rings (SSSR count). The van der Waals surface area contributed by atoms with E-state index in [0.29, 0.717) is 28.0 Å². The smallest absolute Gasteiger partial charge is 0.263 e. The average Bonchev–Trinajstić information content (AvgIpc) is 3.36. The molecule has 0 aliphatic carbocycles. The van der Waals surface area contributed by atoms with E-state index in [1.165, 1.54) is 18.4 Å². The number of hydrogen-bond acceptors (Lipinski definition) is 5. The van der Waals surface area contributed by atoms with Crippen LogP contribution in [0.3, 0.4) is 0 Å². The number of hydrogen-bond donors (Lipinski definition) is 1. The molecule has 0 saturated heterocycles. The number of phenols is 1. The normalized spacial score (nSPS) is 14.4. The number of aromatic hydroxyl groups is 1. The molecule has 0 radical (unpaired) electrons. The Hall–Kier alpha value is -2.90. The lowest BCUT2D eigenvalue weighted by Crippen LogP contribution is -2.20. The van der Waals surface area contributed by atoms with Gasteiger partial charge in [0, 0.05) is 17.5 Å². The highest BCUT2D eigenvalue weighted by Crippen LogP contribution is 2.38. The van der Waals surface area contributed by atoms with E-state index < -0.39 is 0 Å². The molecule has 2 aromatic heterocycles. The van der Waals surface area contributed by atoms with E-state index in [1.807, 2.05) is 47.9 Å². The Morgan fingerprint density at radius 1 is 1.27 bits per heavy atom. The summed E-state index contributed by atoms with van der Waals surface area (Å²) < 4.78 is 7.56. The van der Waals surface area contributed by atoms with Crippen LogP contribution in [0.5, 0.6) is 11.5 Å². The van der Waals surface area contributed by atoms with Crippen LogP contribution in [-0.2, 0) is 6.54 Å². The van der Waals surface area contributed by atoms with Gasteiger partial charge in [-0.25, -0.2) is 4.98 Å². The van der Waals surface area contributed by atoms with Gasteiger partial charge in [0.05, 0.1) is 17.0 Å². The maximum atomic E-state index is 13.3. The molecular weight excluding hydrogens is 464 g/mol. The van der Waals surface area contributed by atoms with Gasteiger partial charge >= 0.3 is 0 Å². The molecule has 2 aromatic carbocycles. The van der Waals surface area contributed by atoms with E-state index in [9.17, 15) is 9.90 Å². The Kier molecular flexibility index (Phi) is 4.72. The minimum atomic E-state index is 0.00275. The van der Waals surface area contributed by atoms with E-state index in [0.717, 1.165) is 33.5 Å². The molecule has 5 nitrogen and oxygen atoms in total. The summed E-state index contributed by atoms with van der Waals surface area (Å²) in [6.07, 6.45) is 2.72. The summed E-state index contributed by atoms with van der Waals surface area (Å²) in [7, 11) is 1.52. The molecule has 0 fully saturated rings. The summed E-state index contributed by atoms with van der Waals surface area (Å²) in [5.41, 5.74) is 3.82. The Balaban J connectivity index is 1.64. The number of benzene rings is 2. The van der Waals surface area contributed by atoms with Crippen molar-refractivity contribution in [2.45, 2.75) is 13.0 Å². The molecule has 0 atom stereocenters. The molecule has 0 unspecified atom stereocenters. The first-order valence-electron chi connectivity index (χ1n) is 9.41. The number of ether oxygens (including phenoxy) is 1. The van der Waals surface area contributed by atoms with Gasteiger partial charge in [-0.15, -0.1) is 11.3 Å². The topological polar surface area (TPSA) is 64.4 Å². The fourth-order valence-corrected chi connectivity index (χ4v) is 5.22. The van der Waals surface area contributed by atoms with Gasteiger partial charge in [0.2, 0.25) is 0 Å². The fourth-order valence-electron chi connectivity index (χ4n) is 3.82. The minimum absolute atomic E-state index is 0.00275. The maximum Gasteiger partial charge on any atom is 0.263 e. The monoisotopic (exact) mass is 480 g/mol. The van der Waals surface area contributed by atoms with Crippen LogP contribution in [0.2, 0.25) is 0 Å². The van der Waals surface area contributed by atoms with E-state index in [-0.39, 0.29) is 11.3 Å². The molecule has 0 bridgehead atoms. The van der Waals surface area contributed by atoms with E-state index in [4.69, 9.17) is 9.72 Å². The van der Waals surface area contributed by atoms with Gasteiger partial charge in [-0.1, -0.05) is 30.3 Å². The molecule has 1 aliphatic rings. The number of aromatic nitrogens is 2. The number of nitrogens with zero attached hydrogens (tertiary/aromatic N) is 2. The minimum Gasteiger partial charge on any atom is -0.503 e. The number of halogens is 1. The summed E-state index contributed by atoms with van der Waals surface area (Å²) in [4.78, 5) is 18.9. The van der Waals surface area contributed by atoms with Crippen LogP contribution in [0.1, 0.15) is 17.8 Å². The maximum absolute atomic E-state index is 13.3. The van der Waals surface area contributed by atoms with Crippen LogP contribution in [0.25, 0.3) is 33.0 Å². The summed E-state index contributed by atoms with van der Waals surface area (Å²) in [6.45, 7) is 0.601. The van der Waals surface area contributed by atoms with E-state index in [2.05, 4.69) is 15.9 Å². The summed E-state index contributed by atoms with van der Waals surface area (Å²) >= 11 is 4.86. The molecule has 7 heteroatoms. The third-order valence-electron chi connectivity index (χ3n) is 5.28. The first-order valence-corrected chi connectivity index (χ1v) is 11.1. The molecule has 1 N–H and O–H groups in total. The number of fused-ring (bicyclic) bond motifs is 2. The van der Waals surface area contributed by atoms with Gasteiger partial charge in [0.25, 0.3) is 5.56 Å². The Bertz CT molecular complexity index is 1370. The second kappa shape index (κ2) is 7.41. The number of allylic oxidation sites excluding steroid dienone is 1. The molecule has 0 spiro atoms. The average molecular weight is 481 g/mol. The van der Waals surface area contributed by atoms with Crippen LogP contribution in [0.4, 0.5) is 0 Å². The van der Waals surface area contributed by atoms with Crippen molar-refractivity contribution < 1.29 is 9.84 Å². The quantitative estimate of drug-likeness (QED) is 0.417. The van der Waals surface area contributed by atoms with Gasteiger partial charge in [0.1, 0.15) is 10.7 Å². The molecule has 150 valence electrons. The lowest BCUT2D eigenvalue weighted by Gasteiger charge is -2.08. The lowest BCUT2D eigenvalue weighted by molar-refractivity contribution is 0.372. The van der Waals surface area contributed by atoms with Crippen LogP contribution < -0.4 is 10.3 Å². The molecular formula is C23H17BrN2O3S. The lowest BCUT2D eigenvalue weighted by atomic mass is 10.1.